The molecule has 3 aliphatic rings. The molecule has 1 amide bonds. The Morgan fingerprint density at radius 1 is 1.17 bits per heavy atom. The van der Waals surface area contributed by atoms with E-state index >= 15 is 0 Å². The number of hydrogen-bond acceptors (Lipinski definition) is 5. The Labute approximate surface area is 181 Å². The fraction of sp³-hybridized carbons (Fsp3) is 0.750. The van der Waals surface area contributed by atoms with Crippen LogP contribution in [0.4, 0.5) is 0 Å². The molecule has 0 radical (unpaired) electrons. The molecule has 166 valence electrons. The average molecular weight is 415 g/mol. The van der Waals surface area contributed by atoms with Crippen molar-refractivity contribution in [2.75, 3.05) is 52.4 Å². The SMILES string of the molecule is Cc1ccc(C(=O)N2CCC3(CC2)C[C@@H](N2CCN(CC(C)C)CC2)CCO3)cn1. The third-order valence-corrected chi connectivity index (χ3v) is 7.13. The maximum atomic E-state index is 12.8. The summed E-state index contributed by atoms with van der Waals surface area (Å²) in [5.41, 5.74) is 1.59. The fourth-order valence-corrected chi connectivity index (χ4v) is 5.38. The van der Waals surface area contributed by atoms with Crippen LogP contribution in [-0.2, 0) is 4.74 Å². The van der Waals surface area contributed by atoms with Crippen LogP contribution in [0.25, 0.3) is 0 Å². The van der Waals surface area contributed by atoms with E-state index in [1.54, 1.807) is 6.20 Å². The van der Waals surface area contributed by atoms with Crippen LogP contribution >= 0.6 is 0 Å². The molecule has 1 aromatic rings. The number of hydrogen-bond donors (Lipinski definition) is 0. The third kappa shape index (κ3) is 5.04. The van der Waals surface area contributed by atoms with E-state index in [1.807, 2.05) is 24.0 Å². The molecule has 0 aromatic carbocycles. The van der Waals surface area contributed by atoms with Gasteiger partial charge >= 0.3 is 0 Å². The van der Waals surface area contributed by atoms with Crippen molar-refractivity contribution in [3.63, 3.8) is 0 Å². The summed E-state index contributed by atoms with van der Waals surface area (Å²) >= 11 is 0. The standard InChI is InChI=1S/C24H38N4O2/c1-19(2)18-26-11-13-27(14-12-26)22-6-15-30-24(16-22)7-9-28(10-8-24)23(29)21-5-4-20(3)25-17-21/h4-5,17,19,22H,6-16,18H2,1-3H3/t22-/m0/s1. The molecule has 4 heterocycles. The highest BCUT2D eigenvalue weighted by atomic mass is 16.5. The van der Waals surface area contributed by atoms with E-state index in [0.717, 1.165) is 57.0 Å². The molecule has 1 atom stereocenters. The molecule has 0 saturated carbocycles. The summed E-state index contributed by atoms with van der Waals surface area (Å²) in [4.78, 5) is 24.4. The highest BCUT2D eigenvalue weighted by molar-refractivity contribution is 5.94. The number of pyridine rings is 1. The second-order valence-corrected chi connectivity index (χ2v) is 9.89. The number of rotatable bonds is 4. The molecule has 4 rings (SSSR count). The molecule has 1 aromatic heterocycles. The van der Waals surface area contributed by atoms with Crippen molar-refractivity contribution in [3.8, 4) is 0 Å². The van der Waals surface area contributed by atoms with Gasteiger partial charge in [-0.25, -0.2) is 0 Å². The molecule has 0 unspecified atom stereocenters. The molecule has 30 heavy (non-hydrogen) atoms. The summed E-state index contributed by atoms with van der Waals surface area (Å²) in [5, 5.41) is 0. The van der Waals surface area contributed by atoms with Gasteiger partial charge in [0.1, 0.15) is 0 Å². The van der Waals surface area contributed by atoms with Gasteiger partial charge in [-0.05, 0) is 50.7 Å². The summed E-state index contributed by atoms with van der Waals surface area (Å²) in [5.74, 6) is 0.845. The van der Waals surface area contributed by atoms with Gasteiger partial charge < -0.3 is 14.5 Å². The smallest absolute Gasteiger partial charge is 0.255 e. The van der Waals surface area contributed by atoms with Crippen LogP contribution in [-0.4, -0.2) is 89.7 Å². The van der Waals surface area contributed by atoms with Crippen molar-refractivity contribution in [2.45, 2.75) is 58.1 Å². The number of carbonyl (C=O) groups excluding carboxylic acids is 1. The van der Waals surface area contributed by atoms with Gasteiger partial charge in [0.2, 0.25) is 0 Å². The molecule has 0 N–H and O–H groups in total. The number of piperazine rings is 1. The predicted molar refractivity (Wildman–Crippen MR) is 119 cm³/mol. The molecule has 6 nitrogen and oxygen atoms in total. The second kappa shape index (κ2) is 9.33. The summed E-state index contributed by atoms with van der Waals surface area (Å²) in [7, 11) is 0. The Hall–Kier alpha value is -1.50. The fourth-order valence-electron chi connectivity index (χ4n) is 5.38. The highest BCUT2D eigenvalue weighted by Gasteiger charge is 2.43. The lowest BCUT2D eigenvalue weighted by atomic mass is 9.81. The lowest BCUT2D eigenvalue weighted by Gasteiger charge is -2.49. The van der Waals surface area contributed by atoms with Crippen LogP contribution < -0.4 is 0 Å². The summed E-state index contributed by atoms with van der Waals surface area (Å²) < 4.78 is 6.36. The Kier molecular flexibility index (Phi) is 6.75. The van der Waals surface area contributed by atoms with Crippen molar-refractivity contribution < 1.29 is 9.53 Å². The van der Waals surface area contributed by atoms with E-state index in [1.165, 1.54) is 32.7 Å². The zero-order chi connectivity index (χ0) is 21.1. The minimum Gasteiger partial charge on any atom is -0.375 e. The van der Waals surface area contributed by atoms with Crippen LogP contribution in [0.5, 0.6) is 0 Å². The van der Waals surface area contributed by atoms with Gasteiger partial charge in [-0.15, -0.1) is 0 Å². The lowest BCUT2D eigenvalue weighted by molar-refractivity contribution is -0.132. The first kappa shape index (κ1) is 21.7. The van der Waals surface area contributed by atoms with E-state index in [2.05, 4.69) is 28.6 Å². The quantitative estimate of drug-likeness (QED) is 0.758. The first-order chi connectivity index (χ1) is 14.4. The Morgan fingerprint density at radius 2 is 1.90 bits per heavy atom. The van der Waals surface area contributed by atoms with E-state index in [0.29, 0.717) is 11.6 Å². The topological polar surface area (TPSA) is 48.9 Å². The Balaban J connectivity index is 1.30. The summed E-state index contributed by atoms with van der Waals surface area (Å²) in [6, 6.07) is 4.43. The molecule has 0 aliphatic carbocycles. The number of aryl methyl sites for hydroxylation is 1. The minimum atomic E-state index is -0.0414. The van der Waals surface area contributed by atoms with Crippen molar-refractivity contribution in [3.05, 3.63) is 29.6 Å². The maximum absolute atomic E-state index is 12.8. The minimum absolute atomic E-state index is 0.0414. The Morgan fingerprint density at radius 3 is 2.53 bits per heavy atom. The molecule has 6 heteroatoms. The van der Waals surface area contributed by atoms with Crippen molar-refractivity contribution in [2.24, 2.45) is 5.92 Å². The predicted octanol–water partition coefficient (Wildman–Crippen LogP) is 2.82. The molecule has 3 fully saturated rings. The average Bonchev–Trinajstić information content (AvgIpc) is 2.75. The lowest BCUT2D eigenvalue weighted by Crippen LogP contribution is -2.57. The van der Waals surface area contributed by atoms with E-state index in [4.69, 9.17) is 4.74 Å². The van der Waals surface area contributed by atoms with Gasteiger partial charge in [0.05, 0.1) is 11.2 Å². The van der Waals surface area contributed by atoms with Crippen molar-refractivity contribution in [1.82, 2.24) is 19.7 Å². The van der Waals surface area contributed by atoms with Gasteiger partial charge in [-0.1, -0.05) is 13.8 Å². The number of amides is 1. The van der Waals surface area contributed by atoms with Crippen molar-refractivity contribution >= 4 is 5.91 Å². The molecular weight excluding hydrogens is 376 g/mol. The maximum Gasteiger partial charge on any atom is 0.255 e. The number of piperidine rings is 1. The van der Waals surface area contributed by atoms with Crippen LogP contribution in [0.1, 0.15) is 55.6 Å². The number of nitrogens with zero attached hydrogens (tertiary/aromatic N) is 4. The number of likely N-dealkylation sites (tertiary alicyclic amines) is 1. The van der Waals surface area contributed by atoms with E-state index in [-0.39, 0.29) is 11.5 Å². The number of carbonyl (C=O) groups is 1. The van der Waals surface area contributed by atoms with E-state index < -0.39 is 0 Å². The molecular formula is C24H38N4O2. The molecule has 3 saturated heterocycles. The van der Waals surface area contributed by atoms with Crippen LogP contribution in [0, 0.1) is 12.8 Å². The van der Waals surface area contributed by atoms with Gasteiger partial charge in [0.25, 0.3) is 5.91 Å². The van der Waals surface area contributed by atoms with Crippen molar-refractivity contribution in [1.29, 1.82) is 0 Å². The van der Waals surface area contributed by atoms with Crippen LogP contribution in [0.15, 0.2) is 18.3 Å². The number of aromatic nitrogens is 1. The zero-order valence-corrected chi connectivity index (χ0v) is 19.0. The van der Waals surface area contributed by atoms with Gasteiger partial charge in [0.15, 0.2) is 0 Å². The van der Waals surface area contributed by atoms with Crippen LogP contribution in [0.2, 0.25) is 0 Å². The Bertz CT molecular complexity index is 704. The first-order valence-electron chi connectivity index (χ1n) is 11.8. The zero-order valence-electron chi connectivity index (χ0n) is 19.0. The third-order valence-electron chi connectivity index (χ3n) is 7.13. The molecule has 0 bridgehead atoms. The first-order valence-corrected chi connectivity index (χ1v) is 11.8. The summed E-state index contributed by atoms with van der Waals surface area (Å²) in [6.45, 7) is 14.9. The second-order valence-electron chi connectivity index (χ2n) is 9.89. The van der Waals surface area contributed by atoms with Gasteiger partial charge in [-0.3, -0.25) is 14.7 Å². The van der Waals surface area contributed by atoms with Gasteiger partial charge in [-0.2, -0.15) is 0 Å². The monoisotopic (exact) mass is 414 g/mol. The van der Waals surface area contributed by atoms with Gasteiger partial charge in [0, 0.05) is 70.4 Å². The molecule has 3 aliphatic heterocycles. The number of ether oxygens (including phenoxy) is 1. The highest BCUT2D eigenvalue weighted by Crippen LogP contribution is 2.37. The normalized spacial score (nSPS) is 25.7. The summed E-state index contributed by atoms with van der Waals surface area (Å²) in [6.07, 6.45) is 5.85. The van der Waals surface area contributed by atoms with E-state index in [9.17, 15) is 4.79 Å². The largest absolute Gasteiger partial charge is 0.375 e. The van der Waals surface area contributed by atoms with Crippen LogP contribution in [0.3, 0.4) is 0 Å². The molecule has 1 spiro atoms.